The first-order valence-corrected chi connectivity index (χ1v) is 4.35. The van der Waals surface area contributed by atoms with Crippen molar-refractivity contribution in [3.05, 3.63) is 47.6 Å². The van der Waals surface area contributed by atoms with Crippen molar-refractivity contribution >= 4 is 11.6 Å². The molecule has 3 nitrogen and oxygen atoms in total. The summed E-state index contributed by atoms with van der Waals surface area (Å²) in [7, 11) is 0. The smallest absolute Gasteiger partial charge is 0.238 e. The predicted molar refractivity (Wildman–Crippen MR) is 52.4 cm³/mol. The summed E-state index contributed by atoms with van der Waals surface area (Å²) < 4.78 is 5.38. The van der Waals surface area contributed by atoms with Gasteiger partial charge in [0.05, 0.1) is 0 Å². The van der Waals surface area contributed by atoms with E-state index in [0.29, 0.717) is 16.7 Å². The van der Waals surface area contributed by atoms with Gasteiger partial charge in [-0.3, -0.25) is 0 Å². The summed E-state index contributed by atoms with van der Waals surface area (Å²) in [6, 6.07) is 10.3. The average Bonchev–Trinajstić information content (AvgIpc) is 2.23. The molecule has 0 aliphatic carbocycles. The molecule has 14 heavy (non-hydrogen) atoms. The van der Waals surface area contributed by atoms with E-state index in [2.05, 4.69) is 16.4 Å². The highest BCUT2D eigenvalue weighted by atomic mass is 35.5. The normalized spacial score (nSPS) is 9.79. The molecule has 1 aromatic heterocycles. The van der Waals surface area contributed by atoms with E-state index in [4.69, 9.17) is 16.3 Å². The van der Waals surface area contributed by atoms with Gasteiger partial charge in [-0.05, 0) is 30.3 Å². The van der Waals surface area contributed by atoms with Crippen LogP contribution in [0.3, 0.4) is 0 Å². The first kappa shape index (κ1) is 8.97. The van der Waals surface area contributed by atoms with Gasteiger partial charge in [-0.2, -0.15) is 0 Å². The van der Waals surface area contributed by atoms with E-state index < -0.39 is 0 Å². The van der Waals surface area contributed by atoms with E-state index in [0.717, 1.165) is 0 Å². The third-order valence-electron chi connectivity index (χ3n) is 1.54. The van der Waals surface area contributed by atoms with E-state index in [1.54, 1.807) is 36.4 Å². The Labute approximate surface area is 86.3 Å². The Bertz CT molecular complexity index is 402. The molecule has 0 unspecified atom stereocenters. The quantitative estimate of drug-likeness (QED) is 0.756. The summed E-state index contributed by atoms with van der Waals surface area (Å²) in [6.07, 6.45) is 2.57. The van der Waals surface area contributed by atoms with Gasteiger partial charge in [-0.25, -0.2) is 0 Å². The summed E-state index contributed by atoms with van der Waals surface area (Å²) in [5.74, 6) is 1.11. The molecule has 0 aliphatic rings. The van der Waals surface area contributed by atoms with E-state index in [1.807, 2.05) is 0 Å². The number of ether oxygens (including phenoxy) is 1. The lowest BCUT2D eigenvalue weighted by atomic mass is 10.3. The van der Waals surface area contributed by atoms with Crippen molar-refractivity contribution in [1.29, 1.82) is 0 Å². The molecule has 4 heteroatoms. The van der Waals surface area contributed by atoms with E-state index in [9.17, 15) is 0 Å². The first-order valence-electron chi connectivity index (χ1n) is 3.98. The Kier molecular flexibility index (Phi) is 2.60. The lowest BCUT2D eigenvalue weighted by Crippen LogP contribution is -1.88. The van der Waals surface area contributed by atoms with Crippen LogP contribution in [0.15, 0.2) is 36.4 Å². The standard InChI is InChI=1S/C10H6ClN2O/c11-8-3-5-9(6-4-8)14-10-2-1-7-12-13-10/h1-6H. The summed E-state index contributed by atoms with van der Waals surface area (Å²) in [6.45, 7) is 0. The number of hydrogen-bond donors (Lipinski definition) is 0. The molecule has 0 spiro atoms. The molecular formula is C10H6ClN2O. The predicted octanol–water partition coefficient (Wildman–Crippen LogP) is 2.72. The number of rotatable bonds is 2. The third kappa shape index (κ3) is 2.20. The molecule has 0 amide bonds. The van der Waals surface area contributed by atoms with Gasteiger partial charge in [-0.15, -0.1) is 10.2 Å². The lowest BCUT2D eigenvalue weighted by Gasteiger charge is -2.02. The summed E-state index contributed by atoms with van der Waals surface area (Å²) in [5, 5.41) is 7.98. The monoisotopic (exact) mass is 205 g/mol. The van der Waals surface area contributed by atoms with Crippen molar-refractivity contribution < 1.29 is 4.74 Å². The molecule has 0 aliphatic heterocycles. The second-order valence-corrected chi connectivity index (χ2v) is 2.99. The van der Waals surface area contributed by atoms with Crippen molar-refractivity contribution in [2.45, 2.75) is 0 Å². The second-order valence-electron chi connectivity index (χ2n) is 2.56. The van der Waals surface area contributed by atoms with Crippen LogP contribution in [0.2, 0.25) is 5.02 Å². The van der Waals surface area contributed by atoms with Crippen LogP contribution in [-0.4, -0.2) is 10.2 Å². The maximum Gasteiger partial charge on any atom is 0.238 e. The molecule has 0 bridgehead atoms. The number of nitrogens with zero attached hydrogens (tertiary/aromatic N) is 2. The van der Waals surface area contributed by atoms with Crippen molar-refractivity contribution in [2.24, 2.45) is 0 Å². The highest BCUT2D eigenvalue weighted by molar-refractivity contribution is 6.30. The van der Waals surface area contributed by atoms with E-state index in [-0.39, 0.29) is 0 Å². The Balaban J connectivity index is 2.16. The number of halogens is 1. The van der Waals surface area contributed by atoms with Gasteiger partial charge in [-0.1, -0.05) is 11.6 Å². The van der Waals surface area contributed by atoms with Gasteiger partial charge in [0, 0.05) is 11.1 Å². The molecular weight excluding hydrogens is 200 g/mol. The molecule has 69 valence electrons. The highest BCUT2D eigenvalue weighted by Crippen LogP contribution is 2.20. The zero-order valence-electron chi connectivity index (χ0n) is 7.14. The maximum atomic E-state index is 5.73. The second kappa shape index (κ2) is 4.07. The van der Waals surface area contributed by atoms with Crippen LogP contribution in [0.4, 0.5) is 0 Å². The van der Waals surface area contributed by atoms with Crippen molar-refractivity contribution in [3.63, 3.8) is 0 Å². The van der Waals surface area contributed by atoms with Gasteiger partial charge >= 0.3 is 0 Å². The highest BCUT2D eigenvalue weighted by Gasteiger charge is 1.97. The van der Waals surface area contributed by atoms with Gasteiger partial charge in [0.1, 0.15) is 11.9 Å². The molecule has 0 saturated carbocycles. The minimum absolute atomic E-state index is 0.436. The van der Waals surface area contributed by atoms with E-state index in [1.165, 1.54) is 0 Å². The summed E-state index contributed by atoms with van der Waals surface area (Å²) >= 11 is 5.73. The van der Waals surface area contributed by atoms with Crippen LogP contribution >= 0.6 is 11.6 Å². The first-order chi connectivity index (χ1) is 6.84. The van der Waals surface area contributed by atoms with Crippen LogP contribution in [0.1, 0.15) is 0 Å². The minimum Gasteiger partial charge on any atom is -0.438 e. The minimum atomic E-state index is 0.436. The third-order valence-corrected chi connectivity index (χ3v) is 1.79. The molecule has 1 radical (unpaired) electrons. The van der Waals surface area contributed by atoms with Crippen LogP contribution in [0.25, 0.3) is 0 Å². The van der Waals surface area contributed by atoms with E-state index >= 15 is 0 Å². The van der Waals surface area contributed by atoms with Gasteiger partial charge in [0.15, 0.2) is 0 Å². The van der Waals surface area contributed by atoms with Gasteiger partial charge < -0.3 is 4.74 Å². The largest absolute Gasteiger partial charge is 0.438 e. The van der Waals surface area contributed by atoms with Gasteiger partial charge in [0.25, 0.3) is 0 Å². The zero-order valence-corrected chi connectivity index (χ0v) is 7.90. The molecule has 0 fully saturated rings. The van der Waals surface area contributed by atoms with Crippen LogP contribution in [-0.2, 0) is 0 Å². The SMILES string of the molecule is Clc1ccc(Oc2cc[c]nn2)cc1. The molecule has 2 rings (SSSR count). The Morgan fingerprint density at radius 2 is 1.93 bits per heavy atom. The van der Waals surface area contributed by atoms with Crippen molar-refractivity contribution in [2.75, 3.05) is 0 Å². The lowest BCUT2D eigenvalue weighted by molar-refractivity contribution is 0.455. The average molecular weight is 206 g/mol. The van der Waals surface area contributed by atoms with Crippen LogP contribution < -0.4 is 4.74 Å². The Morgan fingerprint density at radius 1 is 1.14 bits per heavy atom. The topological polar surface area (TPSA) is 35.0 Å². The molecule has 2 aromatic rings. The maximum absolute atomic E-state index is 5.73. The zero-order chi connectivity index (χ0) is 9.80. The molecule has 1 heterocycles. The number of benzene rings is 1. The number of hydrogen-bond acceptors (Lipinski definition) is 3. The fraction of sp³-hybridized carbons (Fsp3) is 0. The molecule has 0 saturated heterocycles. The fourth-order valence-corrected chi connectivity index (χ4v) is 1.06. The molecule has 0 N–H and O–H groups in total. The molecule has 0 atom stereocenters. The fourth-order valence-electron chi connectivity index (χ4n) is 0.931. The number of aromatic nitrogens is 2. The van der Waals surface area contributed by atoms with Crippen LogP contribution in [0, 0.1) is 6.20 Å². The summed E-state index contributed by atoms with van der Waals surface area (Å²) in [4.78, 5) is 0. The van der Waals surface area contributed by atoms with Crippen LogP contribution in [0.5, 0.6) is 11.6 Å². The summed E-state index contributed by atoms with van der Waals surface area (Å²) in [5.41, 5.74) is 0. The Morgan fingerprint density at radius 3 is 2.57 bits per heavy atom. The Hall–Kier alpha value is -1.61. The van der Waals surface area contributed by atoms with Crippen molar-refractivity contribution in [1.82, 2.24) is 10.2 Å². The van der Waals surface area contributed by atoms with Gasteiger partial charge in [0.2, 0.25) is 5.88 Å². The molecule has 1 aromatic carbocycles. The van der Waals surface area contributed by atoms with Crippen molar-refractivity contribution in [3.8, 4) is 11.6 Å².